The topological polar surface area (TPSA) is 42.1 Å². The molecular weight excluding hydrogens is 314 g/mol. The van der Waals surface area contributed by atoms with Gasteiger partial charge in [-0.05, 0) is 69.7 Å². The largest absolute Gasteiger partial charge is 0.462 e. The van der Waals surface area contributed by atoms with Crippen molar-refractivity contribution in [1.82, 2.24) is 4.90 Å². The lowest BCUT2D eigenvalue weighted by Crippen LogP contribution is -2.51. The van der Waals surface area contributed by atoms with Crippen LogP contribution in [0.4, 0.5) is 0 Å². The quantitative estimate of drug-likeness (QED) is 0.567. The number of ether oxygens (including phenoxy) is 2. The van der Waals surface area contributed by atoms with E-state index >= 15 is 0 Å². The van der Waals surface area contributed by atoms with Crippen molar-refractivity contribution in [3.05, 3.63) is 0 Å². The first-order valence-corrected chi connectivity index (χ1v) is 10.6. The molecule has 0 N–H and O–H groups in total. The molecule has 0 aromatic carbocycles. The summed E-state index contributed by atoms with van der Waals surface area (Å²) in [6.45, 7) is 7.77. The van der Waals surface area contributed by atoms with E-state index in [4.69, 9.17) is 9.47 Å². The van der Waals surface area contributed by atoms with Gasteiger partial charge in [-0.15, -0.1) is 0 Å². The number of fused-ring (bicyclic) bond motifs is 3. The number of carbonyl (C=O) groups excluding carboxylic acids is 1. The van der Waals surface area contributed by atoms with Crippen molar-refractivity contribution in [3.8, 4) is 0 Å². The summed E-state index contributed by atoms with van der Waals surface area (Å²) in [6, 6.07) is 0.613. The molecule has 4 heteroatoms. The van der Waals surface area contributed by atoms with E-state index in [0.29, 0.717) is 23.3 Å². The van der Waals surface area contributed by atoms with Gasteiger partial charge >= 0.3 is 5.97 Å². The van der Waals surface area contributed by atoms with Gasteiger partial charge in [0.1, 0.15) is 6.10 Å². The number of rotatable bonds is 2. The minimum atomic E-state index is 0.0841. The first-order valence-electron chi connectivity index (χ1n) is 10.6. The fraction of sp³-hybridized carbons (Fsp3) is 0.952. The molecule has 0 bridgehead atoms. The highest BCUT2D eigenvalue weighted by Crippen LogP contribution is 2.62. The molecule has 3 heterocycles. The summed E-state index contributed by atoms with van der Waals surface area (Å²) in [5.74, 6) is 1.22. The Morgan fingerprint density at radius 2 is 2.08 bits per heavy atom. The van der Waals surface area contributed by atoms with Crippen molar-refractivity contribution in [3.63, 3.8) is 0 Å². The van der Waals surface area contributed by atoms with Crippen LogP contribution in [0.25, 0.3) is 0 Å². The molecule has 3 saturated heterocycles. The first-order chi connectivity index (χ1) is 12.0. The number of esters is 1. The predicted octanol–water partition coefficient (Wildman–Crippen LogP) is 3.39. The molecule has 0 amide bonds. The van der Waals surface area contributed by atoms with Gasteiger partial charge in [0.15, 0.2) is 0 Å². The summed E-state index contributed by atoms with van der Waals surface area (Å²) in [7, 11) is 0. The maximum Gasteiger partial charge on any atom is 0.310 e. The monoisotopic (exact) mass is 347 g/mol. The van der Waals surface area contributed by atoms with Gasteiger partial charge in [0.2, 0.25) is 0 Å². The highest BCUT2D eigenvalue weighted by molar-refractivity contribution is 5.75. The van der Waals surface area contributed by atoms with Gasteiger partial charge in [0.05, 0.1) is 18.1 Å². The lowest BCUT2D eigenvalue weighted by Gasteiger charge is -2.51. The van der Waals surface area contributed by atoms with Crippen LogP contribution in [0.1, 0.15) is 65.2 Å². The number of hydrogen-bond donors (Lipinski definition) is 0. The summed E-state index contributed by atoms with van der Waals surface area (Å²) in [5.41, 5.74) is 0.468. The lowest BCUT2D eigenvalue weighted by molar-refractivity contribution is -0.147. The van der Waals surface area contributed by atoms with Crippen molar-refractivity contribution in [2.24, 2.45) is 23.2 Å². The van der Waals surface area contributed by atoms with E-state index in [-0.39, 0.29) is 23.6 Å². The molecule has 0 aromatic heterocycles. The Morgan fingerprint density at radius 3 is 2.84 bits per heavy atom. The standard InChI is InChI=1S/C21H33NO3/c1-14-6-3-4-9-22(14)12-16-15-10-18-20(2,11-17(15)25-19(16)23)7-5-8-21(18)13-24-21/h14-18H,3-13H2,1-2H3/t14-,15-,16-,17-,18+,20-,21+/m1/s1. The van der Waals surface area contributed by atoms with Gasteiger partial charge in [-0.1, -0.05) is 13.3 Å². The van der Waals surface area contributed by atoms with Gasteiger partial charge < -0.3 is 9.47 Å². The Balaban J connectivity index is 1.36. The molecule has 2 aliphatic carbocycles. The fourth-order valence-corrected chi connectivity index (χ4v) is 6.85. The zero-order valence-corrected chi connectivity index (χ0v) is 15.8. The third-order valence-corrected chi connectivity index (χ3v) is 8.45. The SMILES string of the molecule is C[C@@H]1CCCCN1C[C@H]1C(=O)O[C@@H]2C[C@@]3(C)CCC[C@]4(CO4)[C@H]3C[C@@H]21. The van der Waals surface area contributed by atoms with Crippen molar-refractivity contribution < 1.29 is 14.3 Å². The Kier molecular flexibility index (Phi) is 3.77. The number of nitrogens with zero attached hydrogens (tertiary/aromatic N) is 1. The third kappa shape index (κ3) is 2.58. The molecule has 1 spiro atoms. The van der Waals surface area contributed by atoms with E-state index in [1.165, 1.54) is 38.5 Å². The summed E-state index contributed by atoms with van der Waals surface area (Å²) in [6.07, 6.45) is 10.0. The Labute approximate surface area is 151 Å². The summed E-state index contributed by atoms with van der Waals surface area (Å²) in [5, 5.41) is 0. The first kappa shape index (κ1) is 16.6. The van der Waals surface area contributed by atoms with Crippen molar-refractivity contribution in [2.75, 3.05) is 19.7 Å². The molecule has 3 aliphatic heterocycles. The molecule has 140 valence electrons. The van der Waals surface area contributed by atoms with Gasteiger partial charge in [-0.2, -0.15) is 0 Å². The van der Waals surface area contributed by atoms with Crippen LogP contribution in [-0.4, -0.2) is 48.3 Å². The third-order valence-electron chi connectivity index (χ3n) is 8.45. The second-order valence-corrected chi connectivity index (χ2v) is 9.94. The molecule has 2 saturated carbocycles. The van der Waals surface area contributed by atoms with Crippen LogP contribution >= 0.6 is 0 Å². The maximum absolute atomic E-state index is 12.7. The minimum absolute atomic E-state index is 0.0841. The predicted molar refractivity (Wildman–Crippen MR) is 95.1 cm³/mol. The van der Waals surface area contributed by atoms with Gasteiger partial charge in [0.25, 0.3) is 0 Å². The molecule has 4 nitrogen and oxygen atoms in total. The average molecular weight is 347 g/mol. The maximum atomic E-state index is 12.7. The Morgan fingerprint density at radius 1 is 1.24 bits per heavy atom. The van der Waals surface area contributed by atoms with Crippen molar-refractivity contribution >= 4 is 5.97 Å². The Bertz CT molecular complexity index is 559. The van der Waals surface area contributed by atoms with E-state index in [0.717, 1.165) is 32.5 Å². The molecule has 7 atom stereocenters. The second-order valence-electron chi connectivity index (χ2n) is 9.94. The van der Waals surface area contributed by atoms with Crippen LogP contribution < -0.4 is 0 Å². The van der Waals surface area contributed by atoms with Crippen LogP contribution in [0.5, 0.6) is 0 Å². The molecule has 5 fully saturated rings. The summed E-state index contributed by atoms with van der Waals surface area (Å²) >= 11 is 0. The molecule has 0 unspecified atom stereocenters. The van der Waals surface area contributed by atoms with E-state index in [1.54, 1.807) is 0 Å². The minimum Gasteiger partial charge on any atom is -0.462 e. The molecule has 0 aromatic rings. The molecule has 25 heavy (non-hydrogen) atoms. The molecule has 5 aliphatic rings. The van der Waals surface area contributed by atoms with Crippen LogP contribution in [0.15, 0.2) is 0 Å². The van der Waals surface area contributed by atoms with Gasteiger partial charge in [-0.25, -0.2) is 0 Å². The lowest BCUT2D eigenvalue weighted by atomic mass is 9.53. The van der Waals surface area contributed by atoms with Gasteiger partial charge in [-0.3, -0.25) is 9.69 Å². The number of epoxide rings is 1. The van der Waals surface area contributed by atoms with Crippen molar-refractivity contribution in [1.29, 1.82) is 0 Å². The van der Waals surface area contributed by atoms with Gasteiger partial charge in [0, 0.05) is 18.5 Å². The van der Waals surface area contributed by atoms with E-state index in [1.807, 2.05) is 0 Å². The smallest absolute Gasteiger partial charge is 0.310 e. The normalized spacial score (nSPS) is 52.6. The zero-order valence-electron chi connectivity index (χ0n) is 15.8. The molecular formula is C21H33NO3. The van der Waals surface area contributed by atoms with Crippen LogP contribution in [0, 0.1) is 23.2 Å². The highest BCUT2D eigenvalue weighted by atomic mass is 16.6. The van der Waals surface area contributed by atoms with Crippen LogP contribution in [-0.2, 0) is 14.3 Å². The summed E-state index contributed by atoms with van der Waals surface area (Å²) in [4.78, 5) is 15.3. The average Bonchev–Trinajstić information content (AvgIpc) is 3.27. The summed E-state index contributed by atoms with van der Waals surface area (Å²) < 4.78 is 12.0. The second kappa shape index (κ2) is 5.69. The van der Waals surface area contributed by atoms with E-state index in [2.05, 4.69) is 18.7 Å². The molecule has 5 rings (SSSR count). The highest BCUT2D eigenvalue weighted by Gasteiger charge is 2.65. The molecule has 0 radical (unpaired) electrons. The zero-order chi connectivity index (χ0) is 17.2. The van der Waals surface area contributed by atoms with Crippen molar-refractivity contribution in [2.45, 2.75) is 83.0 Å². The number of piperidine rings is 1. The van der Waals surface area contributed by atoms with E-state index in [9.17, 15) is 4.79 Å². The number of hydrogen-bond acceptors (Lipinski definition) is 4. The van der Waals surface area contributed by atoms with Crippen LogP contribution in [0.2, 0.25) is 0 Å². The number of carbonyl (C=O) groups is 1. The number of likely N-dealkylation sites (tertiary alicyclic amines) is 1. The fourth-order valence-electron chi connectivity index (χ4n) is 6.85. The Hall–Kier alpha value is -0.610. The van der Waals surface area contributed by atoms with Crippen LogP contribution in [0.3, 0.4) is 0 Å². The van der Waals surface area contributed by atoms with E-state index < -0.39 is 0 Å².